The van der Waals surface area contributed by atoms with Crippen LogP contribution in [0.15, 0.2) is 30.3 Å². The predicted molar refractivity (Wildman–Crippen MR) is 122 cm³/mol. The second kappa shape index (κ2) is 12.6. The van der Waals surface area contributed by atoms with E-state index in [2.05, 4.69) is 20.8 Å². The van der Waals surface area contributed by atoms with Gasteiger partial charge in [-0.1, -0.05) is 0 Å². The van der Waals surface area contributed by atoms with Crippen molar-refractivity contribution in [2.75, 3.05) is 0 Å². The van der Waals surface area contributed by atoms with Crippen molar-refractivity contribution in [1.82, 2.24) is 0 Å². The van der Waals surface area contributed by atoms with E-state index in [1.54, 1.807) is 12.1 Å². The van der Waals surface area contributed by atoms with Crippen LogP contribution in [0.1, 0.15) is 69.7 Å². The Balaban J connectivity index is 2.32. The summed E-state index contributed by atoms with van der Waals surface area (Å²) in [5.74, 6) is -9.13. The molecule has 0 saturated carbocycles. The zero-order valence-corrected chi connectivity index (χ0v) is 21.9. The summed E-state index contributed by atoms with van der Waals surface area (Å²) in [5, 5.41) is 0. The van der Waals surface area contributed by atoms with Crippen molar-refractivity contribution in [2.24, 2.45) is 0 Å². The third kappa shape index (κ3) is 6.48. The van der Waals surface area contributed by atoms with Crippen LogP contribution in [0, 0.1) is 23.3 Å². The zero-order valence-electron chi connectivity index (χ0n) is 19.1. The summed E-state index contributed by atoms with van der Waals surface area (Å²) in [4.78, 5) is 12.4. The minimum absolute atomic E-state index is 0.0757. The maximum absolute atomic E-state index is 13.8. The van der Waals surface area contributed by atoms with Crippen molar-refractivity contribution in [3.8, 4) is 5.75 Å². The number of esters is 1. The number of carbonyl (C=O) groups excluding carboxylic acids is 1. The molecule has 0 radical (unpaired) electrons. The molecular weight excluding hydrogens is 527 g/mol. The molecule has 0 saturated heterocycles. The molecule has 7 heteroatoms. The first kappa shape index (κ1) is 26.7. The number of hydrogen-bond donors (Lipinski definition) is 0. The van der Waals surface area contributed by atoms with Gasteiger partial charge in [0.05, 0.1) is 0 Å². The number of hydrogen-bond acceptors (Lipinski definition) is 2. The molecule has 0 aliphatic carbocycles. The van der Waals surface area contributed by atoms with Crippen molar-refractivity contribution in [1.29, 1.82) is 0 Å². The summed E-state index contributed by atoms with van der Waals surface area (Å²) in [6, 6.07) is 7.17. The first-order valence-electron chi connectivity index (χ1n) is 11.4. The van der Waals surface area contributed by atoms with Crippen LogP contribution < -0.4 is 8.32 Å². The van der Waals surface area contributed by atoms with Gasteiger partial charge in [0.25, 0.3) is 0 Å². The van der Waals surface area contributed by atoms with Gasteiger partial charge < -0.3 is 0 Å². The molecule has 2 aromatic carbocycles. The Labute approximate surface area is 192 Å². The minimum atomic E-state index is -2.68. The van der Waals surface area contributed by atoms with E-state index in [9.17, 15) is 22.4 Å². The molecule has 0 aliphatic rings. The van der Waals surface area contributed by atoms with Crippen molar-refractivity contribution in [3.05, 3.63) is 59.2 Å². The summed E-state index contributed by atoms with van der Waals surface area (Å²) in [7, 11) is 0. The average Bonchev–Trinajstić information content (AvgIpc) is 2.80. The van der Waals surface area contributed by atoms with Gasteiger partial charge in [0.2, 0.25) is 0 Å². The fourth-order valence-corrected chi connectivity index (χ4v) is 20.0. The number of carbonyl (C=O) groups is 1. The molecule has 0 fully saturated rings. The van der Waals surface area contributed by atoms with Crippen LogP contribution in [0.5, 0.6) is 5.75 Å². The molecule has 0 aromatic heterocycles. The average molecular weight is 559 g/mol. The molecule has 0 bridgehead atoms. The van der Waals surface area contributed by atoms with Gasteiger partial charge in [0.15, 0.2) is 0 Å². The molecule has 0 aliphatic heterocycles. The number of rotatable bonds is 12. The van der Waals surface area contributed by atoms with E-state index >= 15 is 0 Å². The fourth-order valence-electron chi connectivity index (χ4n) is 4.11. The van der Waals surface area contributed by atoms with Crippen molar-refractivity contribution >= 4 is 27.9 Å². The number of unbranched alkanes of at least 4 members (excludes halogenated alkanes) is 3. The third-order valence-corrected chi connectivity index (χ3v) is 21.7. The number of ether oxygens (including phenoxy) is 1. The molecule has 0 amide bonds. The molecule has 2 aromatic rings. The summed E-state index contributed by atoms with van der Waals surface area (Å²) >= 11 is -2.68. The van der Waals surface area contributed by atoms with Crippen LogP contribution in [0.3, 0.4) is 0 Å². The van der Waals surface area contributed by atoms with Crippen LogP contribution in [-0.2, 0) is 0 Å². The van der Waals surface area contributed by atoms with Gasteiger partial charge in [-0.2, -0.15) is 0 Å². The predicted octanol–water partition coefficient (Wildman–Crippen LogP) is 7.52. The van der Waals surface area contributed by atoms with Crippen molar-refractivity contribution in [2.45, 2.75) is 72.6 Å². The van der Waals surface area contributed by atoms with Crippen LogP contribution >= 0.6 is 0 Å². The second-order valence-corrected chi connectivity index (χ2v) is 21.6. The number of halogens is 4. The molecule has 0 N–H and O–H groups in total. The molecule has 0 heterocycles. The maximum atomic E-state index is 13.8. The summed E-state index contributed by atoms with van der Waals surface area (Å²) in [6.45, 7) is 6.59. The summed E-state index contributed by atoms with van der Waals surface area (Å²) < 4.78 is 64.3. The van der Waals surface area contributed by atoms with Crippen LogP contribution in [0.4, 0.5) is 17.6 Å². The van der Waals surface area contributed by atoms with Gasteiger partial charge in [0.1, 0.15) is 0 Å². The standard InChI is InChI=1S/C13H5F4O2.3C4H9.Sn/c14-8-6-9(15)11(17)12(10(8)16)19-13(18)7-4-2-1-3-5-7;3*1-3-4-2;/h2-6H;3*1,3-4H2,2H3;. The van der Waals surface area contributed by atoms with E-state index in [0.717, 1.165) is 19.3 Å². The Bertz CT molecular complexity index is 852. The van der Waals surface area contributed by atoms with E-state index in [1.807, 2.05) is 12.1 Å². The van der Waals surface area contributed by atoms with E-state index in [1.165, 1.54) is 36.2 Å². The Morgan fingerprint density at radius 1 is 0.781 bits per heavy atom. The van der Waals surface area contributed by atoms with Crippen LogP contribution in [0.2, 0.25) is 13.3 Å². The van der Waals surface area contributed by atoms with Gasteiger partial charge in [0, 0.05) is 0 Å². The number of benzene rings is 2. The van der Waals surface area contributed by atoms with Gasteiger partial charge in [-0.25, -0.2) is 0 Å². The van der Waals surface area contributed by atoms with Crippen LogP contribution in [0.25, 0.3) is 0 Å². The van der Waals surface area contributed by atoms with Gasteiger partial charge >= 0.3 is 193 Å². The molecule has 0 spiro atoms. The first-order chi connectivity index (χ1) is 15.3. The molecule has 0 atom stereocenters. The van der Waals surface area contributed by atoms with E-state index in [0.29, 0.717) is 0 Å². The van der Waals surface area contributed by atoms with Gasteiger partial charge in [-0.15, -0.1) is 0 Å². The first-order valence-corrected chi connectivity index (χ1v) is 18.9. The summed E-state index contributed by atoms with van der Waals surface area (Å²) in [6.07, 6.45) is 7.00. The molecule has 32 heavy (non-hydrogen) atoms. The molecule has 2 nitrogen and oxygen atoms in total. The Morgan fingerprint density at radius 3 is 1.62 bits per heavy atom. The summed E-state index contributed by atoms with van der Waals surface area (Å²) in [5.41, 5.74) is 0.0823. The molecule has 2 rings (SSSR count). The zero-order chi connectivity index (χ0) is 23.7. The van der Waals surface area contributed by atoms with Gasteiger partial charge in [-0.3, -0.25) is 0 Å². The topological polar surface area (TPSA) is 26.3 Å². The molecule has 176 valence electrons. The van der Waals surface area contributed by atoms with E-state index < -0.39 is 53.4 Å². The van der Waals surface area contributed by atoms with E-state index in [4.69, 9.17) is 4.74 Å². The Hall–Kier alpha value is -1.57. The van der Waals surface area contributed by atoms with Crippen molar-refractivity contribution in [3.63, 3.8) is 0 Å². The Kier molecular flexibility index (Phi) is 10.5. The third-order valence-electron chi connectivity index (χ3n) is 6.03. The van der Waals surface area contributed by atoms with Crippen molar-refractivity contribution < 1.29 is 27.1 Å². The fraction of sp³-hybridized carbons (Fsp3) is 0.480. The second-order valence-electron chi connectivity index (χ2n) is 8.36. The Morgan fingerprint density at radius 2 is 1.22 bits per heavy atom. The molecular formula is C25H32F4O2Sn. The SMILES string of the molecule is CCC[CH2][Sn]([CH2]CCC)([CH2]CCC)[c]1ccc(C(=O)Oc2c(F)c(F)cc(F)c2F)cc1. The monoisotopic (exact) mass is 560 g/mol. The van der Waals surface area contributed by atoms with Crippen LogP contribution in [-0.4, -0.2) is 24.3 Å². The van der Waals surface area contributed by atoms with Gasteiger partial charge in [-0.05, 0) is 0 Å². The molecule has 0 unspecified atom stereocenters. The van der Waals surface area contributed by atoms with E-state index in [-0.39, 0.29) is 11.6 Å². The quantitative estimate of drug-likeness (QED) is 0.0885. The normalized spacial score (nSPS) is 11.6.